The predicted octanol–water partition coefficient (Wildman–Crippen LogP) is 3.28. The summed E-state index contributed by atoms with van der Waals surface area (Å²) in [7, 11) is 0. The lowest BCUT2D eigenvalue weighted by atomic mass is 10.2. The SMILES string of the molecule is O=c1cc(CN2CCCN(Cc3cccnc3)CC2)[nH]c2c(Cl)cccc12. The van der Waals surface area contributed by atoms with Crippen LogP contribution in [-0.4, -0.2) is 45.9 Å². The zero-order valence-corrected chi connectivity index (χ0v) is 16.0. The Morgan fingerprint density at radius 3 is 2.63 bits per heavy atom. The number of hydrogen-bond acceptors (Lipinski definition) is 4. The van der Waals surface area contributed by atoms with Gasteiger partial charge >= 0.3 is 0 Å². The van der Waals surface area contributed by atoms with Crippen LogP contribution in [0.4, 0.5) is 0 Å². The van der Waals surface area contributed by atoms with E-state index >= 15 is 0 Å². The predicted molar refractivity (Wildman–Crippen MR) is 109 cm³/mol. The molecule has 0 atom stereocenters. The van der Waals surface area contributed by atoms with Crippen molar-refractivity contribution in [3.63, 3.8) is 0 Å². The number of aromatic amines is 1. The lowest BCUT2D eigenvalue weighted by Gasteiger charge is -2.22. The van der Waals surface area contributed by atoms with Gasteiger partial charge in [-0.25, -0.2) is 0 Å². The number of halogens is 1. The Bertz CT molecular complexity index is 973. The minimum atomic E-state index is 0.0225. The first-order valence-corrected chi connectivity index (χ1v) is 9.71. The number of H-pyrrole nitrogens is 1. The van der Waals surface area contributed by atoms with Crippen molar-refractivity contribution in [1.29, 1.82) is 0 Å². The van der Waals surface area contributed by atoms with Crippen LogP contribution in [-0.2, 0) is 13.1 Å². The van der Waals surface area contributed by atoms with Gasteiger partial charge in [0.2, 0.25) is 0 Å². The van der Waals surface area contributed by atoms with Crippen LogP contribution in [0.15, 0.2) is 53.6 Å². The second-order valence-corrected chi connectivity index (χ2v) is 7.50. The molecule has 0 radical (unpaired) electrons. The Labute approximate surface area is 163 Å². The fourth-order valence-electron chi connectivity index (χ4n) is 3.71. The number of nitrogens with one attached hydrogen (secondary N) is 1. The first kappa shape index (κ1) is 18.2. The molecule has 1 fully saturated rings. The fraction of sp³-hybridized carbons (Fsp3) is 0.333. The van der Waals surface area contributed by atoms with Crippen molar-refractivity contribution >= 4 is 22.5 Å². The molecule has 3 heterocycles. The van der Waals surface area contributed by atoms with E-state index in [9.17, 15) is 4.79 Å². The van der Waals surface area contributed by atoms with E-state index in [0.717, 1.165) is 56.9 Å². The van der Waals surface area contributed by atoms with E-state index in [-0.39, 0.29) is 5.43 Å². The van der Waals surface area contributed by atoms with Gasteiger partial charge in [-0.3, -0.25) is 19.6 Å². The maximum atomic E-state index is 12.4. The van der Waals surface area contributed by atoms with Gasteiger partial charge in [-0.15, -0.1) is 0 Å². The van der Waals surface area contributed by atoms with Gasteiger partial charge in [0.05, 0.1) is 10.5 Å². The number of rotatable bonds is 4. The molecule has 1 aromatic carbocycles. The van der Waals surface area contributed by atoms with Crippen LogP contribution in [0.3, 0.4) is 0 Å². The highest BCUT2D eigenvalue weighted by Crippen LogP contribution is 2.19. The Balaban J connectivity index is 1.44. The summed E-state index contributed by atoms with van der Waals surface area (Å²) in [6.07, 6.45) is 4.86. The van der Waals surface area contributed by atoms with E-state index in [2.05, 4.69) is 25.8 Å². The Morgan fingerprint density at radius 1 is 1.04 bits per heavy atom. The average Bonchev–Trinajstić information content (AvgIpc) is 2.89. The van der Waals surface area contributed by atoms with Gasteiger partial charge < -0.3 is 4.98 Å². The molecule has 0 unspecified atom stereocenters. The summed E-state index contributed by atoms with van der Waals surface area (Å²) >= 11 is 6.27. The zero-order valence-electron chi connectivity index (χ0n) is 15.2. The van der Waals surface area contributed by atoms with Gasteiger partial charge in [-0.05, 0) is 43.3 Å². The molecule has 3 aromatic rings. The average molecular weight is 383 g/mol. The summed E-state index contributed by atoms with van der Waals surface area (Å²) in [6.45, 7) is 5.75. The van der Waals surface area contributed by atoms with Crippen molar-refractivity contribution in [3.05, 3.63) is 75.3 Å². The van der Waals surface area contributed by atoms with Crippen molar-refractivity contribution in [1.82, 2.24) is 19.8 Å². The summed E-state index contributed by atoms with van der Waals surface area (Å²) in [5.74, 6) is 0. The van der Waals surface area contributed by atoms with Crippen LogP contribution in [0.5, 0.6) is 0 Å². The summed E-state index contributed by atoms with van der Waals surface area (Å²) in [5, 5.41) is 1.23. The molecule has 0 amide bonds. The van der Waals surface area contributed by atoms with Gasteiger partial charge in [0.15, 0.2) is 5.43 Å². The quantitative estimate of drug-likeness (QED) is 0.752. The van der Waals surface area contributed by atoms with Crippen LogP contribution in [0.2, 0.25) is 5.02 Å². The molecule has 5 nitrogen and oxygen atoms in total. The summed E-state index contributed by atoms with van der Waals surface area (Å²) < 4.78 is 0. The number of pyridine rings is 2. The van der Waals surface area contributed by atoms with Crippen LogP contribution in [0, 0.1) is 0 Å². The minimum absolute atomic E-state index is 0.0225. The molecule has 1 aliphatic heterocycles. The normalized spacial score (nSPS) is 16.5. The third kappa shape index (κ3) is 4.38. The Hall–Kier alpha value is -2.21. The number of aromatic nitrogens is 2. The van der Waals surface area contributed by atoms with E-state index in [1.165, 1.54) is 5.56 Å². The molecule has 2 aromatic heterocycles. The molecule has 27 heavy (non-hydrogen) atoms. The van der Waals surface area contributed by atoms with Crippen molar-refractivity contribution < 1.29 is 0 Å². The molecule has 0 spiro atoms. The van der Waals surface area contributed by atoms with E-state index in [1.807, 2.05) is 36.7 Å². The number of para-hydroxylation sites is 1. The fourth-order valence-corrected chi connectivity index (χ4v) is 3.93. The standard InChI is InChI=1S/C21H23ClN4O/c22-19-6-1-5-18-20(27)12-17(24-21(18)19)15-26-9-3-8-25(10-11-26)14-16-4-2-7-23-13-16/h1-2,4-7,12-13H,3,8-11,14-15H2,(H,24,27). The monoisotopic (exact) mass is 382 g/mol. The largest absolute Gasteiger partial charge is 0.356 e. The molecule has 0 aliphatic carbocycles. The first-order valence-electron chi connectivity index (χ1n) is 9.33. The summed E-state index contributed by atoms with van der Waals surface area (Å²) in [6, 6.07) is 11.2. The van der Waals surface area contributed by atoms with Crippen LogP contribution >= 0.6 is 11.6 Å². The van der Waals surface area contributed by atoms with Crippen molar-refractivity contribution in [3.8, 4) is 0 Å². The molecule has 6 heteroatoms. The van der Waals surface area contributed by atoms with Crippen LogP contribution < -0.4 is 5.43 Å². The molecule has 4 rings (SSSR count). The number of fused-ring (bicyclic) bond motifs is 1. The third-order valence-corrected chi connectivity index (χ3v) is 5.39. The smallest absolute Gasteiger partial charge is 0.189 e. The topological polar surface area (TPSA) is 52.2 Å². The van der Waals surface area contributed by atoms with Crippen molar-refractivity contribution in [2.24, 2.45) is 0 Å². The van der Waals surface area contributed by atoms with E-state index in [4.69, 9.17) is 11.6 Å². The third-order valence-electron chi connectivity index (χ3n) is 5.07. The number of hydrogen-bond donors (Lipinski definition) is 1. The number of benzene rings is 1. The lowest BCUT2D eigenvalue weighted by molar-refractivity contribution is 0.245. The molecule has 0 saturated carbocycles. The van der Waals surface area contributed by atoms with Gasteiger partial charge in [0, 0.05) is 55.7 Å². The minimum Gasteiger partial charge on any atom is -0.356 e. The highest BCUT2D eigenvalue weighted by molar-refractivity contribution is 6.35. The van der Waals surface area contributed by atoms with E-state index < -0.39 is 0 Å². The molecule has 1 N–H and O–H groups in total. The summed E-state index contributed by atoms with van der Waals surface area (Å²) in [4.78, 5) is 24.8. The second kappa shape index (κ2) is 8.21. The maximum absolute atomic E-state index is 12.4. The van der Waals surface area contributed by atoms with Crippen molar-refractivity contribution in [2.75, 3.05) is 26.2 Å². The molecule has 1 aliphatic rings. The molecule has 140 valence electrons. The van der Waals surface area contributed by atoms with Crippen molar-refractivity contribution in [2.45, 2.75) is 19.5 Å². The van der Waals surface area contributed by atoms with E-state index in [0.29, 0.717) is 10.4 Å². The van der Waals surface area contributed by atoms with Gasteiger partial charge in [-0.2, -0.15) is 0 Å². The highest BCUT2D eigenvalue weighted by Gasteiger charge is 2.16. The zero-order chi connectivity index (χ0) is 18.6. The molecular formula is C21H23ClN4O. The molecule has 0 bridgehead atoms. The van der Waals surface area contributed by atoms with Gasteiger partial charge in [0.1, 0.15) is 0 Å². The first-order chi connectivity index (χ1) is 13.2. The van der Waals surface area contributed by atoms with Gasteiger partial charge in [-0.1, -0.05) is 23.7 Å². The second-order valence-electron chi connectivity index (χ2n) is 7.09. The Kier molecular flexibility index (Phi) is 5.53. The highest BCUT2D eigenvalue weighted by atomic mass is 35.5. The lowest BCUT2D eigenvalue weighted by Crippen LogP contribution is -2.30. The molecular weight excluding hydrogens is 360 g/mol. The molecule has 1 saturated heterocycles. The van der Waals surface area contributed by atoms with Crippen LogP contribution in [0.25, 0.3) is 10.9 Å². The maximum Gasteiger partial charge on any atom is 0.189 e. The van der Waals surface area contributed by atoms with E-state index in [1.54, 1.807) is 6.07 Å². The summed E-state index contributed by atoms with van der Waals surface area (Å²) in [5.41, 5.74) is 2.92. The number of nitrogens with zero attached hydrogens (tertiary/aromatic N) is 3. The van der Waals surface area contributed by atoms with Gasteiger partial charge in [0.25, 0.3) is 0 Å². The Morgan fingerprint density at radius 2 is 1.85 bits per heavy atom. The van der Waals surface area contributed by atoms with Crippen LogP contribution in [0.1, 0.15) is 17.7 Å².